The van der Waals surface area contributed by atoms with Gasteiger partial charge >= 0.3 is 6.18 Å². The number of rotatable bonds is 9. The van der Waals surface area contributed by atoms with Crippen LogP contribution in [-0.4, -0.2) is 81.2 Å². The van der Waals surface area contributed by atoms with Crippen LogP contribution in [0.4, 0.5) is 29.3 Å². The number of benzene rings is 1. The average Bonchev–Trinajstić information content (AvgIpc) is 3.00. The number of likely N-dealkylation sites (tertiary alicyclic amines) is 1. The van der Waals surface area contributed by atoms with Gasteiger partial charge in [-0.1, -0.05) is 25.1 Å². The molecule has 1 atom stereocenters. The zero-order valence-corrected chi connectivity index (χ0v) is 25.1. The van der Waals surface area contributed by atoms with Crippen LogP contribution in [0.2, 0.25) is 0 Å². The van der Waals surface area contributed by atoms with E-state index in [9.17, 15) is 22.4 Å². The van der Waals surface area contributed by atoms with Crippen molar-refractivity contribution in [3.63, 3.8) is 0 Å². The second-order valence-electron chi connectivity index (χ2n) is 10.5. The zero-order valence-electron chi connectivity index (χ0n) is 24.1. The Morgan fingerprint density at radius 1 is 1.07 bits per heavy atom. The van der Waals surface area contributed by atoms with Crippen molar-refractivity contribution >= 4 is 42.1 Å². The van der Waals surface area contributed by atoms with Crippen LogP contribution >= 0.6 is 13.5 Å². The molecule has 44 heavy (non-hydrogen) atoms. The summed E-state index contributed by atoms with van der Waals surface area (Å²) in [7, 11) is 1.45. The number of piperidine rings is 1. The van der Waals surface area contributed by atoms with E-state index in [2.05, 4.69) is 40.9 Å². The van der Waals surface area contributed by atoms with Gasteiger partial charge in [-0.25, -0.2) is 24.3 Å². The topological polar surface area (TPSA) is 121 Å². The van der Waals surface area contributed by atoms with Crippen LogP contribution in [0.1, 0.15) is 41.6 Å². The third-order valence-corrected chi connectivity index (χ3v) is 7.40. The summed E-state index contributed by atoms with van der Waals surface area (Å²) in [6.07, 6.45) is 2.71. The van der Waals surface area contributed by atoms with Gasteiger partial charge in [0.05, 0.1) is 29.5 Å². The fraction of sp³-hybridized carbons (Fsp3) is 0.379. The Bertz CT molecular complexity index is 1580. The van der Waals surface area contributed by atoms with Gasteiger partial charge in [0, 0.05) is 68.1 Å². The number of anilines is 2. The molecule has 4 aromatic rings. The molecule has 1 aliphatic heterocycles. The van der Waals surface area contributed by atoms with Gasteiger partial charge in [-0.2, -0.15) is 26.7 Å². The predicted octanol–water partition coefficient (Wildman–Crippen LogP) is 4.75. The fourth-order valence-corrected chi connectivity index (χ4v) is 5.16. The molecule has 4 heterocycles. The van der Waals surface area contributed by atoms with Crippen molar-refractivity contribution in [2.75, 3.05) is 43.9 Å². The Labute approximate surface area is 258 Å². The normalized spacial score (nSPS) is 15.0. The van der Waals surface area contributed by atoms with Crippen molar-refractivity contribution in [2.45, 2.75) is 37.9 Å². The highest BCUT2D eigenvalue weighted by Crippen LogP contribution is 2.28. The maximum atomic E-state index is 14.4. The van der Waals surface area contributed by atoms with Gasteiger partial charge in [0.15, 0.2) is 5.82 Å². The van der Waals surface area contributed by atoms with E-state index in [1.165, 1.54) is 18.3 Å². The van der Waals surface area contributed by atoms with E-state index in [1.54, 1.807) is 30.6 Å². The van der Waals surface area contributed by atoms with Gasteiger partial charge in [0.25, 0.3) is 5.91 Å². The van der Waals surface area contributed by atoms with E-state index in [0.29, 0.717) is 66.4 Å². The average molecular weight is 632 g/mol. The summed E-state index contributed by atoms with van der Waals surface area (Å²) in [6, 6.07) is 7.13. The first kappa shape index (κ1) is 32.8. The first-order valence-electron chi connectivity index (χ1n) is 13.8. The molecule has 0 saturated carbocycles. The molecule has 3 aromatic heterocycles. The smallest absolute Gasteiger partial charge is 0.369 e. The first-order chi connectivity index (χ1) is 20.6. The van der Waals surface area contributed by atoms with Crippen LogP contribution in [0.15, 0.2) is 49.2 Å². The minimum absolute atomic E-state index is 0. The lowest BCUT2D eigenvalue weighted by Crippen LogP contribution is -2.43. The Morgan fingerprint density at radius 3 is 2.48 bits per heavy atom. The van der Waals surface area contributed by atoms with Crippen LogP contribution < -0.4 is 16.0 Å². The van der Waals surface area contributed by atoms with Crippen molar-refractivity contribution < 1.29 is 22.4 Å². The predicted molar refractivity (Wildman–Crippen MR) is 165 cm³/mol. The van der Waals surface area contributed by atoms with Crippen molar-refractivity contribution in [3.8, 4) is 11.3 Å². The summed E-state index contributed by atoms with van der Waals surface area (Å²) >= 11 is 0. The highest BCUT2D eigenvalue weighted by Gasteiger charge is 2.32. The summed E-state index contributed by atoms with van der Waals surface area (Å²) < 4.78 is 52.3. The Kier molecular flexibility index (Phi) is 10.5. The van der Waals surface area contributed by atoms with Gasteiger partial charge in [-0.15, -0.1) is 0 Å². The number of nitrogens with zero attached hydrogens (tertiary/aromatic N) is 6. The molecule has 15 heteroatoms. The Hall–Kier alpha value is -4.11. The number of halogens is 4. The van der Waals surface area contributed by atoms with E-state index in [0.717, 1.165) is 11.8 Å². The number of carbonyl (C=O) groups excluding carboxylic acids is 1. The summed E-state index contributed by atoms with van der Waals surface area (Å²) in [5.41, 5.74) is 2.65. The lowest BCUT2D eigenvalue weighted by atomic mass is 9.96. The van der Waals surface area contributed by atoms with E-state index in [4.69, 9.17) is 0 Å². The minimum atomic E-state index is -4.19. The molecule has 0 aliphatic carbocycles. The second-order valence-corrected chi connectivity index (χ2v) is 10.5. The van der Waals surface area contributed by atoms with Crippen molar-refractivity contribution in [3.05, 3.63) is 66.1 Å². The third kappa shape index (κ3) is 7.88. The van der Waals surface area contributed by atoms with Gasteiger partial charge in [-0.05, 0) is 18.4 Å². The van der Waals surface area contributed by atoms with Crippen LogP contribution in [-0.2, 0) is 0 Å². The second kappa shape index (κ2) is 14.1. The fourth-order valence-electron chi connectivity index (χ4n) is 5.16. The molecule has 1 aromatic carbocycles. The van der Waals surface area contributed by atoms with E-state index in [-0.39, 0.29) is 31.0 Å². The number of pyridine rings is 1. The SMILES string of the molecule is CNC(=O)c1c(F)cnc2c([C@H](C)CNc3cc(-c4cnc(NC5CCN(CC(F)(F)F)CC5)nc4)ncn3)cccc12.S. The molecule has 0 radical (unpaired) electrons. The van der Waals surface area contributed by atoms with Gasteiger partial charge < -0.3 is 16.0 Å². The standard InChI is InChI=1S/C29H31F4N9O.H2S/c1-17(20-4-3-5-21-25(27(43)34-2)22(30)14-36-26(20)21)11-35-24-10-23(39-16-40-24)18-12-37-28(38-13-18)41-19-6-8-42(9-7-19)15-29(31,32)33;/h3-5,10,12-14,16-17,19H,6-9,11,15H2,1-2H3,(H,34,43)(H,35,39,40)(H,37,38,41);1H2/t17-;/m1./s1. The van der Waals surface area contributed by atoms with E-state index in [1.807, 2.05) is 13.0 Å². The molecular weight excluding hydrogens is 598 g/mol. The summed E-state index contributed by atoms with van der Waals surface area (Å²) in [5, 5.41) is 9.43. The van der Waals surface area contributed by atoms with Gasteiger partial charge in [0.1, 0.15) is 12.1 Å². The summed E-state index contributed by atoms with van der Waals surface area (Å²) in [6.45, 7) is 2.30. The van der Waals surface area contributed by atoms with Crippen molar-refractivity contribution in [1.82, 2.24) is 35.1 Å². The van der Waals surface area contributed by atoms with Crippen LogP contribution in [0.25, 0.3) is 22.2 Å². The zero-order chi connectivity index (χ0) is 30.6. The maximum absolute atomic E-state index is 14.4. The quantitative estimate of drug-likeness (QED) is 0.225. The minimum Gasteiger partial charge on any atom is -0.369 e. The number of para-hydroxylation sites is 1. The monoisotopic (exact) mass is 631 g/mol. The van der Waals surface area contributed by atoms with Crippen molar-refractivity contribution in [1.29, 1.82) is 0 Å². The number of amides is 1. The van der Waals surface area contributed by atoms with Gasteiger partial charge in [-0.3, -0.25) is 14.7 Å². The number of hydrogen-bond donors (Lipinski definition) is 3. The largest absolute Gasteiger partial charge is 0.401 e. The molecule has 0 unspecified atom stereocenters. The van der Waals surface area contributed by atoms with Crippen LogP contribution in [0, 0.1) is 5.82 Å². The van der Waals surface area contributed by atoms with Crippen LogP contribution in [0.3, 0.4) is 0 Å². The molecule has 10 nitrogen and oxygen atoms in total. The Balaban J connectivity index is 0.00000442. The number of carbonyl (C=O) groups is 1. The number of alkyl halides is 3. The number of aromatic nitrogens is 5. The van der Waals surface area contributed by atoms with E-state index < -0.39 is 24.4 Å². The molecule has 3 N–H and O–H groups in total. The lowest BCUT2D eigenvalue weighted by molar-refractivity contribution is -0.147. The maximum Gasteiger partial charge on any atom is 0.401 e. The number of nitrogens with one attached hydrogen (secondary N) is 3. The molecule has 1 aliphatic rings. The van der Waals surface area contributed by atoms with Gasteiger partial charge in [0.2, 0.25) is 5.95 Å². The molecular formula is C29H33F4N9OS. The molecule has 0 spiro atoms. The van der Waals surface area contributed by atoms with E-state index >= 15 is 0 Å². The highest BCUT2D eigenvalue weighted by molar-refractivity contribution is 7.59. The number of fused-ring (bicyclic) bond motifs is 1. The molecule has 1 amide bonds. The lowest BCUT2D eigenvalue weighted by Gasteiger charge is -2.32. The molecule has 1 fully saturated rings. The molecule has 1 saturated heterocycles. The summed E-state index contributed by atoms with van der Waals surface area (Å²) in [4.78, 5) is 35.4. The molecule has 234 valence electrons. The van der Waals surface area contributed by atoms with Crippen molar-refractivity contribution in [2.24, 2.45) is 0 Å². The molecule has 0 bridgehead atoms. The van der Waals surface area contributed by atoms with Crippen LogP contribution in [0.5, 0.6) is 0 Å². The third-order valence-electron chi connectivity index (χ3n) is 7.40. The molecule has 5 rings (SSSR count). The highest BCUT2D eigenvalue weighted by atomic mass is 32.1. The summed E-state index contributed by atoms with van der Waals surface area (Å²) in [5.74, 6) is -0.274. The number of hydrogen-bond acceptors (Lipinski definition) is 9. The first-order valence-corrected chi connectivity index (χ1v) is 13.8. The Morgan fingerprint density at radius 2 is 1.80 bits per heavy atom.